The first kappa shape index (κ1) is 20.6. The Morgan fingerprint density at radius 1 is 1.10 bits per heavy atom. The maximum atomic E-state index is 13.8. The van der Waals surface area contributed by atoms with Crippen molar-refractivity contribution in [1.29, 1.82) is 0 Å². The Hall–Kier alpha value is -2.68. The maximum Gasteiger partial charge on any atom is 0.226 e. The van der Waals surface area contributed by atoms with Gasteiger partial charge >= 0.3 is 0 Å². The lowest BCUT2D eigenvalue weighted by atomic mass is 10.2. The standard InChI is InChI=1S/C21H22ClFN4O3/c22-15-1-4-19(18(23)11-15)26-14-30-21-17-3-2-16(12-20(17)24-13-25-21)29-10-7-27-5-8-28-9-6-27/h1-4,11-13,26H,5-10,14H2. The molecule has 0 amide bonds. The first-order valence-electron chi connectivity index (χ1n) is 9.68. The average molecular weight is 433 g/mol. The van der Waals surface area contributed by atoms with Crippen molar-refractivity contribution >= 4 is 28.2 Å². The fourth-order valence-corrected chi connectivity index (χ4v) is 3.31. The van der Waals surface area contributed by atoms with Crippen molar-refractivity contribution in [2.45, 2.75) is 0 Å². The summed E-state index contributed by atoms with van der Waals surface area (Å²) in [5.74, 6) is 0.695. The van der Waals surface area contributed by atoms with E-state index in [1.54, 1.807) is 12.1 Å². The second-order valence-electron chi connectivity index (χ2n) is 6.75. The zero-order valence-electron chi connectivity index (χ0n) is 16.3. The monoisotopic (exact) mass is 432 g/mol. The molecule has 0 spiro atoms. The van der Waals surface area contributed by atoms with E-state index in [4.69, 9.17) is 25.8 Å². The van der Waals surface area contributed by atoms with Crippen LogP contribution in [0.25, 0.3) is 10.9 Å². The highest BCUT2D eigenvalue weighted by Gasteiger charge is 2.11. The van der Waals surface area contributed by atoms with E-state index >= 15 is 0 Å². The third kappa shape index (κ3) is 5.27. The Morgan fingerprint density at radius 3 is 2.80 bits per heavy atom. The van der Waals surface area contributed by atoms with Crippen molar-refractivity contribution < 1.29 is 18.6 Å². The van der Waals surface area contributed by atoms with E-state index in [9.17, 15) is 4.39 Å². The molecule has 0 bridgehead atoms. The average Bonchev–Trinajstić information content (AvgIpc) is 2.76. The lowest BCUT2D eigenvalue weighted by molar-refractivity contribution is 0.0322. The van der Waals surface area contributed by atoms with E-state index in [0.717, 1.165) is 44.0 Å². The zero-order valence-corrected chi connectivity index (χ0v) is 17.1. The summed E-state index contributed by atoms with van der Waals surface area (Å²) in [7, 11) is 0. The number of nitrogens with one attached hydrogen (secondary N) is 1. The number of rotatable bonds is 8. The largest absolute Gasteiger partial charge is 0.492 e. The highest BCUT2D eigenvalue weighted by atomic mass is 35.5. The van der Waals surface area contributed by atoms with Crippen LogP contribution in [0.3, 0.4) is 0 Å². The minimum Gasteiger partial charge on any atom is -0.492 e. The topological polar surface area (TPSA) is 68.7 Å². The molecule has 0 atom stereocenters. The van der Waals surface area contributed by atoms with Gasteiger partial charge in [-0.1, -0.05) is 11.6 Å². The summed E-state index contributed by atoms with van der Waals surface area (Å²) in [4.78, 5) is 10.8. The van der Waals surface area contributed by atoms with Gasteiger partial charge < -0.3 is 19.5 Å². The number of benzene rings is 2. The molecule has 9 heteroatoms. The fourth-order valence-electron chi connectivity index (χ4n) is 3.15. The highest BCUT2D eigenvalue weighted by Crippen LogP contribution is 2.26. The van der Waals surface area contributed by atoms with Crippen molar-refractivity contribution in [2.24, 2.45) is 0 Å². The van der Waals surface area contributed by atoms with Crippen LogP contribution in [0.2, 0.25) is 5.02 Å². The molecule has 2 aromatic carbocycles. The molecule has 4 rings (SSSR count). The van der Waals surface area contributed by atoms with Gasteiger partial charge in [-0.05, 0) is 30.3 Å². The number of halogens is 2. The van der Waals surface area contributed by atoms with Crippen molar-refractivity contribution in [1.82, 2.24) is 14.9 Å². The molecule has 30 heavy (non-hydrogen) atoms. The smallest absolute Gasteiger partial charge is 0.226 e. The van der Waals surface area contributed by atoms with Gasteiger partial charge in [0.15, 0.2) is 6.73 Å². The van der Waals surface area contributed by atoms with Crippen LogP contribution in [-0.2, 0) is 4.74 Å². The first-order chi connectivity index (χ1) is 14.7. The summed E-state index contributed by atoms with van der Waals surface area (Å²) in [6.45, 7) is 4.90. The Kier molecular flexibility index (Phi) is 6.78. The molecule has 1 saturated heterocycles. The SMILES string of the molecule is Fc1cc(Cl)ccc1NCOc1ncnc2cc(OCCN3CCOCC3)ccc12. The summed E-state index contributed by atoms with van der Waals surface area (Å²) in [5, 5.41) is 3.95. The number of ether oxygens (including phenoxy) is 3. The van der Waals surface area contributed by atoms with E-state index < -0.39 is 5.82 Å². The van der Waals surface area contributed by atoms with Crippen LogP contribution in [0.4, 0.5) is 10.1 Å². The number of anilines is 1. The zero-order chi connectivity index (χ0) is 20.8. The molecule has 0 radical (unpaired) electrons. The minimum absolute atomic E-state index is 0.0441. The van der Waals surface area contributed by atoms with Crippen molar-refractivity contribution in [2.75, 3.05) is 51.5 Å². The van der Waals surface area contributed by atoms with Gasteiger partial charge in [-0.25, -0.2) is 14.4 Å². The molecule has 1 fully saturated rings. The fraction of sp³-hybridized carbons (Fsp3) is 0.333. The van der Waals surface area contributed by atoms with Crippen molar-refractivity contribution in [3.8, 4) is 11.6 Å². The van der Waals surface area contributed by atoms with Gasteiger partial charge in [0.1, 0.15) is 24.5 Å². The molecule has 0 aliphatic carbocycles. The van der Waals surface area contributed by atoms with Crippen LogP contribution in [0.5, 0.6) is 11.6 Å². The minimum atomic E-state index is -0.447. The van der Waals surface area contributed by atoms with Crippen molar-refractivity contribution in [3.63, 3.8) is 0 Å². The Morgan fingerprint density at radius 2 is 1.97 bits per heavy atom. The summed E-state index contributed by atoms with van der Waals surface area (Å²) in [6.07, 6.45) is 1.43. The third-order valence-corrected chi connectivity index (χ3v) is 4.99. The van der Waals surface area contributed by atoms with Crippen LogP contribution in [0.1, 0.15) is 0 Å². The molecular weight excluding hydrogens is 411 g/mol. The Bertz CT molecular complexity index is 1000. The van der Waals surface area contributed by atoms with Gasteiger partial charge in [-0.3, -0.25) is 4.90 Å². The number of morpholine rings is 1. The summed E-state index contributed by atoms with van der Waals surface area (Å²) >= 11 is 5.76. The van der Waals surface area contributed by atoms with Crippen LogP contribution < -0.4 is 14.8 Å². The van der Waals surface area contributed by atoms with E-state index in [0.29, 0.717) is 28.7 Å². The molecule has 1 aliphatic heterocycles. The molecule has 2 heterocycles. The van der Waals surface area contributed by atoms with Crippen molar-refractivity contribution in [3.05, 3.63) is 53.6 Å². The quantitative estimate of drug-likeness (QED) is 0.545. The number of fused-ring (bicyclic) bond motifs is 1. The molecule has 0 unspecified atom stereocenters. The van der Waals surface area contributed by atoms with E-state index in [-0.39, 0.29) is 6.73 Å². The summed E-state index contributed by atoms with van der Waals surface area (Å²) in [6, 6.07) is 9.98. The third-order valence-electron chi connectivity index (χ3n) is 4.75. The molecule has 158 valence electrons. The van der Waals surface area contributed by atoms with Crippen LogP contribution in [0, 0.1) is 5.82 Å². The summed E-state index contributed by atoms with van der Waals surface area (Å²) in [5.41, 5.74) is 1.01. The number of hydrogen-bond acceptors (Lipinski definition) is 7. The van der Waals surface area contributed by atoms with E-state index in [1.807, 2.05) is 18.2 Å². The van der Waals surface area contributed by atoms with Gasteiger partial charge in [-0.15, -0.1) is 0 Å². The maximum absolute atomic E-state index is 13.8. The normalized spacial score (nSPS) is 14.6. The van der Waals surface area contributed by atoms with Gasteiger partial charge in [0.05, 0.1) is 29.8 Å². The highest BCUT2D eigenvalue weighted by molar-refractivity contribution is 6.30. The molecule has 7 nitrogen and oxygen atoms in total. The lowest BCUT2D eigenvalue weighted by Crippen LogP contribution is -2.38. The number of nitrogens with zero attached hydrogens (tertiary/aromatic N) is 3. The molecule has 1 aliphatic rings. The number of hydrogen-bond donors (Lipinski definition) is 1. The second-order valence-corrected chi connectivity index (χ2v) is 7.19. The van der Waals surface area contributed by atoms with Gasteiger partial charge in [0.2, 0.25) is 5.88 Å². The van der Waals surface area contributed by atoms with E-state index in [1.165, 1.54) is 12.4 Å². The molecule has 1 N–H and O–H groups in total. The lowest BCUT2D eigenvalue weighted by Gasteiger charge is -2.26. The first-order valence-corrected chi connectivity index (χ1v) is 10.1. The molecule has 0 saturated carbocycles. The Balaban J connectivity index is 1.35. The summed E-state index contributed by atoms with van der Waals surface area (Å²) < 4.78 is 30.8. The molecular formula is C21H22ClFN4O3. The van der Waals surface area contributed by atoms with Gasteiger partial charge in [0, 0.05) is 30.7 Å². The molecule has 1 aromatic heterocycles. The second kappa shape index (κ2) is 9.88. The van der Waals surface area contributed by atoms with Crippen LogP contribution >= 0.6 is 11.6 Å². The Labute approximate surface area is 178 Å². The van der Waals surface area contributed by atoms with Gasteiger partial charge in [-0.2, -0.15) is 0 Å². The predicted octanol–water partition coefficient (Wildman–Crippen LogP) is 3.58. The van der Waals surface area contributed by atoms with Gasteiger partial charge in [0.25, 0.3) is 0 Å². The molecule has 3 aromatic rings. The number of aromatic nitrogens is 2. The predicted molar refractivity (Wildman–Crippen MR) is 113 cm³/mol. The van der Waals surface area contributed by atoms with E-state index in [2.05, 4.69) is 20.2 Å². The van der Waals surface area contributed by atoms with Crippen LogP contribution in [-0.4, -0.2) is 61.1 Å². The van der Waals surface area contributed by atoms with Crippen LogP contribution in [0.15, 0.2) is 42.7 Å².